The molecule has 0 saturated carbocycles. The number of carbonyl (C=O) groups is 3. The van der Waals surface area contributed by atoms with Crippen molar-refractivity contribution in [2.75, 3.05) is 18.5 Å². The number of ether oxygens (including phenoxy) is 2. The van der Waals surface area contributed by atoms with Gasteiger partial charge in [0.1, 0.15) is 9.88 Å². The lowest BCUT2D eigenvalue weighted by atomic mass is 10.1. The van der Waals surface area contributed by atoms with E-state index in [1.54, 1.807) is 39.0 Å². The van der Waals surface area contributed by atoms with Gasteiger partial charge in [-0.05, 0) is 50.1 Å². The van der Waals surface area contributed by atoms with E-state index in [9.17, 15) is 14.4 Å². The quantitative estimate of drug-likeness (QED) is 0.448. The first-order chi connectivity index (χ1) is 13.8. The van der Waals surface area contributed by atoms with Crippen LogP contribution in [0.3, 0.4) is 0 Å². The fourth-order valence-corrected chi connectivity index (χ4v) is 3.96. The molecule has 0 fully saturated rings. The van der Waals surface area contributed by atoms with Gasteiger partial charge in [-0.15, -0.1) is 11.3 Å². The average Bonchev–Trinajstić information content (AvgIpc) is 2.97. The molecule has 1 amide bonds. The van der Waals surface area contributed by atoms with Crippen molar-refractivity contribution in [3.05, 3.63) is 55.9 Å². The summed E-state index contributed by atoms with van der Waals surface area (Å²) in [5, 5.41) is 3.71. The number of halogens is 2. The predicted octanol–water partition coefficient (Wildman–Crippen LogP) is 5.37. The summed E-state index contributed by atoms with van der Waals surface area (Å²) in [6.45, 7) is 5.31. The molecule has 0 aliphatic heterocycles. The van der Waals surface area contributed by atoms with Gasteiger partial charge in [-0.25, -0.2) is 9.59 Å². The third kappa shape index (κ3) is 5.82. The van der Waals surface area contributed by atoms with Crippen LogP contribution >= 0.6 is 34.5 Å². The Bertz CT molecular complexity index is 968. The normalized spacial score (nSPS) is 10.8. The first-order valence-electron chi connectivity index (χ1n) is 8.70. The number of carbonyl (C=O) groups excluding carboxylic acids is 3. The number of esters is 2. The molecular weight excluding hydrogens is 437 g/mol. The summed E-state index contributed by atoms with van der Waals surface area (Å²) < 4.78 is 10.1. The van der Waals surface area contributed by atoms with E-state index in [4.69, 9.17) is 32.7 Å². The van der Waals surface area contributed by atoms with Crippen molar-refractivity contribution in [3.63, 3.8) is 0 Å². The Morgan fingerprint density at radius 2 is 1.76 bits per heavy atom. The SMILES string of the molecule is CCOC(=O)c1sc(NC(=O)/C=C/c2ccc(Cl)cc2Cl)c(C(=O)OCC)c1C. The van der Waals surface area contributed by atoms with Gasteiger partial charge < -0.3 is 14.8 Å². The highest BCUT2D eigenvalue weighted by Crippen LogP contribution is 2.34. The number of nitrogens with one attached hydrogen (secondary N) is 1. The number of hydrogen-bond acceptors (Lipinski definition) is 6. The van der Waals surface area contributed by atoms with E-state index in [1.165, 1.54) is 12.2 Å². The van der Waals surface area contributed by atoms with Gasteiger partial charge in [-0.3, -0.25) is 4.79 Å². The van der Waals surface area contributed by atoms with Crippen LogP contribution < -0.4 is 5.32 Å². The second-order valence-electron chi connectivity index (χ2n) is 5.69. The Morgan fingerprint density at radius 3 is 2.38 bits per heavy atom. The summed E-state index contributed by atoms with van der Waals surface area (Å²) in [6, 6.07) is 4.89. The van der Waals surface area contributed by atoms with Crippen molar-refractivity contribution >= 4 is 63.5 Å². The standard InChI is InChI=1S/C20H19Cl2NO5S/c1-4-27-19(25)16-11(3)17(20(26)28-5-2)29-18(16)23-15(24)9-7-12-6-8-13(21)10-14(12)22/h6-10H,4-5H2,1-3H3,(H,23,24)/b9-7+. The summed E-state index contributed by atoms with van der Waals surface area (Å²) >= 11 is 12.9. The van der Waals surface area contributed by atoms with Crippen molar-refractivity contribution in [2.45, 2.75) is 20.8 Å². The van der Waals surface area contributed by atoms with Gasteiger partial charge in [0, 0.05) is 16.1 Å². The van der Waals surface area contributed by atoms with Crippen molar-refractivity contribution in [1.82, 2.24) is 0 Å². The smallest absolute Gasteiger partial charge is 0.348 e. The summed E-state index contributed by atoms with van der Waals surface area (Å²) in [5.74, 6) is -1.69. The first kappa shape index (κ1) is 22.9. The molecule has 9 heteroatoms. The van der Waals surface area contributed by atoms with Gasteiger partial charge in [0.15, 0.2) is 0 Å². The highest BCUT2D eigenvalue weighted by molar-refractivity contribution is 7.18. The van der Waals surface area contributed by atoms with E-state index < -0.39 is 17.8 Å². The molecule has 1 heterocycles. The Morgan fingerprint density at radius 1 is 1.10 bits per heavy atom. The largest absolute Gasteiger partial charge is 0.462 e. The molecular formula is C20H19Cl2NO5S. The molecule has 0 saturated heterocycles. The van der Waals surface area contributed by atoms with Gasteiger partial charge in [0.25, 0.3) is 0 Å². The van der Waals surface area contributed by atoms with Crippen LogP contribution in [0.5, 0.6) is 0 Å². The van der Waals surface area contributed by atoms with Crippen molar-refractivity contribution < 1.29 is 23.9 Å². The number of amides is 1. The lowest BCUT2D eigenvalue weighted by Crippen LogP contribution is -2.13. The minimum absolute atomic E-state index is 0.131. The molecule has 0 unspecified atom stereocenters. The number of anilines is 1. The van der Waals surface area contributed by atoms with E-state index in [0.29, 0.717) is 21.2 Å². The van der Waals surface area contributed by atoms with E-state index >= 15 is 0 Å². The maximum Gasteiger partial charge on any atom is 0.348 e. The van der Waals surface area contributed by atoms with E-state index in [0.717, 1.165) is 11.3 Å². The highest BCUT2D eigenvalue weighted by Gasteiger charge is 2.27. The number of benzene rings is 1. The second-order valence-corrected chi connectivity index (χ2v) is 7.55. The summed E-state index contributed by atoms with van der Waals surface area (Å²) in [6.07, 6.45) is 2.79. The van der Waals surface area contributed by atoms with Gasteiger partial charge >= 0.3 is 11.9 Å². The van der Waals surface area contributed by atoms with Crippen molar-refractivity contribution in [2.24, 2.45) is 0 Å². The topological polar surface area (TPSA) is 81.7 Å². The molecule has 154 valence electrons. The summed E-state index contributed by atoms with van der Waals surface area (Å²) in [7, 11) is 0. The van der Waals surface area contributed by atoms with Crippen LogP contribution in [-0.2, 0) is 14.3 Å². The number of hydrogen-bond donors (Lipinski definition) is 1. The molecule has 29 heavy (non-hydrogen) atoms. The zero-order chi connectivity index (χ0) is 21.6. The molecule has 1 aromatic heterocycles. The van der Waals surface area contributed by atoms with Crippen LogP contribution in [0.25, 0.3) is 6.08 Å². The Hall–Kier alpha value is -2.35. The minimum atomic E-state index is -0.628. The van der Waals surface area contributed by atoms with E-state index in [1.807, 2.05) is 0 Å². The van der Waals surface area contributed by atoms with Crippen molar-refractivity contribution in [1.29, 1.82) is 0 Å². The molecule has 0 radical (unpaired) electrons. The third-order valence-corrected chi connectivity index (χ3v) is 5.45. The summed E-state index contributed by atoms with van der Waals surface area (Å²) in [5.41, 5.74) is 1.13. The lowest BCUT2D eigenvalue weighted by molar-refractivity contribution is -0.111. The van der Waals surface area contributed by atoms with E-state index in [-0.39, 0.29) is 28.7 Å². The monoisotopic (exact) mass is 455 g/mol. The fourth-order valence-electron chi connectivity index (χ4n) is 2.40. The second kappa shape index (κ2) is 10.4. The van der Waals surface area contributed by atoms with Crippen molar-refractivity contribution in [3.8, 4) is 0 Å². The zero-order valence-corrected chi connectivity index (χ0v) is 18.3. The minimum Gasteiger partial charge on any atom is -0.462 e. The predicted molar refractivity (Wildman–Crippen MR) is 115 cm³/mol. The van der Waals surface area contributed by atoms with Crippen LogP contribution in [-0.4, -0.2) is 31.1 Å². The zero-order valence-electron chi connectivity index (χ0n) is 16.0. The molecule has 2 rings (SSSR count). The van der Waals surface area contributed by atoms with Crippen LogP contribution in [0.1, 0.15) is 45.0 Å². The summed E-state index contributed by atoms with van der Waals surface area (Å²) in [4.78, 5) is 37.1. The van der Waals surface area contributed by atoms with Gasteiger partial charge in [-0.2, -0.15) is 0 Å². The Kier molecular flexibility index (Phi) is 8.25. The third-order valence-electron chi connectivity index (χ3n) is 3.70. The number of rotatable bonds is 7. The van der Waals surface area contributed by atoms with Crippen LogP contribution in [0.4, 0.5) is 5.00 Å². The molecule has 2 aromatic rings. The lowest BCUT2D eigenvalue weighted by Gasteiger charge is -2.05. The number of thiophene rings is 1. The molecule has 0 aliphatic carbocycles. The molecule has 0 spiro atoms. The van der Waals surface area contributed by atoms with Crippen LogP contribution in [0.2, 0.25) is 10.0 Å². The maximum absolute atomic E-state index is 12.4. The first-order valence-corrected chi connectivity index (χ1v) is 10.3. The van der Waals surface area contributed by atoms with Gasteiger partial charge in [-0.1, -0.05) is 29.3 Å². The van der Waals surface area contributed by atoms with Gasteiger partial charge in [0.2, 0.25) is 5.91 Å². The van der Waals surface area contributed by atoms with E-state index in [2.05, 4.69) is 5.32 Å². The Balaban J connectivity index is 2.30. The highest BCUT2D eigenvalue weighted by atomic mass is 35.5. The molecule has 1 N–H and O–H groups in total. The van der Waals surface area contributed by atoms with Crippen LogP contribution in [0.15, 0.2) is 24.3 Å². The Labute approximate surface area is 182 Å². The maximum atomic E-state index is 12.4. The average molecular weight is 456 g/mol. The fraction of sp³-hybridized carbons (Fsp3) is 0.250. The molecule has 1 aromatic carbocycles. The molecule has 0 bridgehead atoms. The van der Waals surface area contributed by atoms with Gasteiger partial charge in [0.05, 0.1) is 18.8 Å². The molecule has 6 nitrogen and oxygen atoms in total. The molecule has 0 atom stereocenters. The van der Waals surface area contributed by atoms with Crippen LogP contribution in [0, 0.1) is 6.92 Å². The molecule has 0 aliphatic rings.